The van der Waals surface area contributed by atoms with Crippen LogP contribution in [0.2, 0.25) is 0 Å². The predicted octanol–water partition coefficient (Wildman–Crippen LogP) is 3.41. The van der Waals surface area contributed by atoms with Crippen LogP contribution in [0.3, 0.4) is 0 Å². The second-order valence-electron chi connectivity index (χ2n) is 7.07. The van der Waals surface area contributed by atoms with Gasteiger partial charge in [0.05, 0.1) is 14.2 Å². The first-order valence-electron chi connectivity index (χ1n) is 9.83. The summed E-state index contributed by atoms with van der Waals surface area (Å²) in [5, 5.41) is 0. The normalized spacial score (nSPS) is 15.2. The second kappa shape index (κ2) is 9.44. The van der Waals surface area contributed by atoms with E-state index >= 15 is 0 Å². The Kier molecular flexibility index (Phi) is 6.74. The Balaban J connectivity index is 1.53. The lowest BCUT2D eigenvalue weighted by molar-refractivity contribution is -0.127. The van der Waals surface area contributed by atoms with Gasteiger partial charge >= 0.3 is 0 Å². The van der Waals surface area contributed by atoms with Crippen molar-refractivity contribution in [1.82, 2.24) is 14.5 Å². The molecule has 0 saturated carbocycles. The largest absolute Gasteiger partial charge is 0.493 e. The number of likely N-dealkylation sites (tertiary alicyclic amines) is 1. The van der Waals surface area contributed by atoms with E-state index in [1.165, 1.54) is 0 Å². The number of nitrogens with zero attached hydrogens (tertiary/aromatic N) is 3. The summed E-state index contributed by atoms with van der Waals surface area (Å²) in [6.07, 6.45) is 10.4. The number of methoxy groups -OCH3 is 2. The van der Waals surface area contributed by atoms with Gasteiger partial charge in [0.25, 0.3) is 0 Å². The first-order valence-corrected chi connectivity index (χ1v) is 9.83. The van der Waals surface area contributed by atoms with Crippen LogP contribution in [0.5, 0.6) is 11.5 Å². The molecule has 0 unspecified atom stereocenters. The van der Waals surface area contributed by atoms with Crippen molar-refractivity contribution in [2.45, 2.75) is 32.7 Å². The van der Waals surface area contributed by atoms with Gasteiger partial charge in [0.1, 0.15) is 5.82 Å². The predicted molar refractivity (Wildman–Crippen MR) is 109 cm³/mol. The van der Waals surface area contributed by atoms with Crippen LogP contribution in [0.1, 0.15) is 31.2 Å². The van der Waals surface area contributed by atoms with E-state index in [0.717, 1.165) is 50.3 Å². The average molecular weight is 383 g/mol. The molecule has 1 aromatic carbocycles. The number of amides is 1. The summed E-state index contributed by atoms with van der Waals surface area (Å²) in [7, 11) is 3.21. The van der Waals surface area contributed by atoms with E-state index in [0.29, 0.717) is 17.4 Å². The van der Waals surface area contributed by atoms with E-state index in [1.54, 1.807) is 20.3 Å². The number of carbonyl (C=O) groups excluding carboxylic acids is 1. The molecule has 0 atom stereocenters. The number of aromatic nitrogens is 2. The zero-order valence-electron chi connectivity index (χ0n) is 16.9. The van der Waals surface area contributed by atoms with Crippen LogP contribution in [0, 0.1) is 5.92 Å². The van der Waals surface area contributed by atoms with Gasteiger partial charge in [-0.2, -0.15) is 0 Å². The lowest BCUT2D eigenvalue weighted by atomic mass is 9.96. The van der Waals surface area contributed by atoms with Gasteiger partial charge in [0, 0.05) is 44.5 Å². The zero-order chi connectivity index (χ0) is 19.9. The summed E-state index contributed by atoms with van der Waals surface area (Å²) in [6.45, 7) is 4.73. The highest BCUT2D eigenvalue weighted by molar-refractivity contribution is 5.91. The van der Waals surface area contributed by atoms with Gasteiger partial charge in [0.2, 0.25) is 5.91 Å². The Morgan fingerprint density at radius 1 is 1.21 bits per heavy atom. The molecule has 150 valence electrons. The number of benzene rings is 1. The van der Waals surface area contributed by atoms with E-state index in [9.17, 15) is 4.79 Å². The highest BCUT2D eigenvalue weighted by Crippen LogP contribution is 2.28. The number of imidazole rings is 1. The summed E-state index contributed by atoms with van der Waals surface area (Å²) in [6, 6.07) is 5.62. The maximum atomic E-state index is 12.5. The highest BCUT2D eigenvalue weighted by Gasteiger charge is 2.22. The summed E-state index contributed by atoms with van der Waals surface area (Å²) < 4.78 is 12.8. The summed E-state index contributed by atoms with van der Waals surface area (Å²) >= 11 is 0. The van der Waals surface area contributed by atoms with Crippen molar-refractivity contribution in [1.29, 1.82) is 0 Å². The van der Waals surface area contributed by atoms with Crippen molar-refractivity contribution in [2.75, 3.05) is 27.3 Å². The van der Waals surface area contributed by atoms with Gasteiger partial charge in [-0.1, -0.05) is 13.0 Å². The quantitative estimate of drug-likeness (QED) is 0.688. The first-order chi connectivity index (χ1) is 13.6. The van der Waals surface area contributed by atoms with Crippen LogP contribution in [0.25, 0.3) is 6.08 Å². The first kappa shape index (κ1) is 20.0. The Labute approximate surface area is 166 Å². The molecule has 1 saturated heterocycles. The molecule has 1 aliphatic rings. The minimum absolute atomic E-state index is 0.0603. The van der Waals surface area contributed by atoms with E-state index < -0.39 is 0 Å². The van der Waals surface area contributed by atoms with Crippen LogP contribution >= 0.6 is 0 Å². The van der Waals surface area contributed by atoms with Gasteiger partial charge in [-0.25, -0.2) is 4.98 Å². The molecule has 0 aliphatic carbocycles. The van der Waals surface area contributed by atoms with Gasteiger partial charge < -0.3 is 18.9 Å². The van der Waals surface area contributed by atoms with Crippen molar-refractivity contribution in [3.63, 3.8) is 0 Å². The molecule has 1 aliphatic heterocycles. The summed E-state index contributed by atoms with van der Waals surface area (Å²) in [4.78, 5) is 18.9. The average Bonchev–Trinajstić information content (AvgIpc) is 3.19. The Bertz CT molecular complexity index is 820. The van der Waals surface area contributed by atoms with Crippen molar-refractivity contribution in [3.05, 3.63) is 48.1 Å². The zero-order valence-corrected chi connectivity index (χ0v) is 16.9. The number of rotatable bonds is 7. The van der Waals surface area contributed by atoms with Gasteiger partial charge in [-0.3, -0.25) is 4.79 Å². The lowest BCUT2D eigenvalue weighted by Gasteiger charge is -2.31. The molecule has 2 aromatic rings. The van der Waals surface area contributed by atoms with Crippen molar-refractivity contribution >= 4 is 12.0 Å². The maximum absolute atomic E-state index is 12.5. The van der Waals surface area contributed by atoms with Crippen LogP contribution in [0.4, 0.5) is 0 Å². The minimum Gasteiger partial charge on any atom is -0.493 e. The molecule has 1 aromatic heterocycles. The second-order valence-corrected chi connectivity index (χ2v) is 7.07. The highest BCUT2D eigenvalue weighted by atomic mass is 16.5. The molecule has 28 heavy (non-hydrogen) atoms. The maximum Gasteiger partial charge on any atom is 0.246 e. The molecule has 3 rings (SSSR count). The molecule has 1 fully saturated rings. The topological polar surface area (TPSA) is 56.6 Å². The molecule has 0 radical (unpaired) electrons. The van der Waals surface area contributed by atoms with E-state index in [1.807, 2.05) is 35.4 Å². The number of ether oxygens (including phenoxy) is 2. The molecule has 0 bridgehead atoms. The van der Waals surface area contributed by atoms with E-state index in [4.69, 9.17) is 9.47 Å². The smallest absolute Gasteiger partial charge is 0.246 e. The molecule has 6 nitrogen and oxygen atoms in total. The lowest BCUT2D eigenvalue weighted by Crippen LogP contribution is -2.38. The van der Waals surface area contributed by atoms with Crippen LogP contribution in [-0.4, -0.2) is 47.7 Å². The third-order valence-electron chi connectivity index (χ3n) is 5.32. The van der Waals surface area contributed by atoms with Crippen LogP contribution < -0.4 is 9.47 Å². The van der Waals surface area contributed by atoms with Gasteiger partial charge in [-0.05, 0) is 42.5 Å². The molecule has 2 heterocycles. The molecule has 1 amide bonds. The molecule has 6 heteroatoms. The monoisotopic (exact) mass is 383 g/mol. The Morgan fingerprint density at radius 3 is 2.64 bits per heavy atom. The van der Waals surface area contributed by atoms with Gasteiger partial charge in [0.15, 0.2) is 11.5 Å². The van der Waals surface area contributed by atoms with Gasteiger partial charge in [-0.15, -0.1) is 0 Å². The Hall–Kier alpha value is -2.76. The molecule has 0 N–H and O–H groups in total. The molecule has 0 spiro atoms. The standard InChI is InChI=1S/C22H29N3O3/c1-4-21-23-11-14-25(21)16-18-9-12-24(13-10-18)22(26)8-6-17-5-7-19(27-2)20(15-17)28-3/h5-8,11,14-15,18H,4,9-10,12-13,16H2,1-3H3/b8-6+. The number of hydrogen-bond donors (Lipinski definition) is 0. The van der Waals surface area contributed by atoms with Crippen molar-refractivity contribution in [2.24, 2.45) is 5.92 Å². The fourth-order valence-corrected chi connectivity index (χ4v) is 3.66. The Morgan fingerprint density at radius 2 is 1.96 bits per heavy atom. The summed E-state index contributed by atoms with van der Waals surface area (Å²) in [5.74, 6) is 3.13. The van der Waals surface area contributed by atoms with Crippen molar-refractivity contribution in [3.8, 4) is 11.5 Å². The number of aryl methyl sites for hydroxylation is 1. The molecular formula is C22H29N3O3. The van der Waals surface area contributed by atoms with E-state index in [2.05, 4.69) is 22.7 Å². The molecular weight excluding hydrogens is 354 g/mol. The summed E-state index contributed by atoms with van der Waals surface area (Å²) in [5.41, 5.74) is 0.910. The number of carbonyl (C=O) groups is 1. The fourth-order valence-electron chi connectivity index (χ4n) is 3.66. The SMILES string of the molecule is CCc1nccn1CC1CCN(C(=O)/C=C/c2ccc(OC)c(OC)c2)CC1. The minimum atomic E-state index is 0.0603. The fraction of sp³-hybridized carbons (Fsp3) is 0.455. The van der Waals surface area contributed by atoms with E-state index in [-0.39, 0.29) is 5.91 Å². The van der Waals surface area contributed by atoms with Crippen LogP contribution in [-0.2, 0) is 17.8 Å². The van der Waals surface area contributed by atoms with Crippen LogP contribution in [0.15, 0.2) is 36.7 Å². The number of hydrogen-bond acceptors (Lipinski definition) is 4. The van der Waals surface area contributed by atoms with Crippen molar-refractivity contribution < 1.29 is 14.3 Å². The third kappa shape index (κ3) is 4.74. The number of piperidine rings is 1. The third-order valence-corrected chi connectivity index (χ3v) is 5.32.